The number of benzene rings is 1. The van der Waals surface area contributed by atoms with Crippen LogP contribution in [0.3, 0.4) is 0 Å². The van der Waals surface area contributed by atoms with Gasteiger partial charge in [-0.3, -0.25) is 4.79 Å². The fraction of sp³-hybridized carbons (Fsp3) is 0.364. The summed E-state index contributed by atoms with van der Waals surface area (Å²) >= 11 is 8.96. The SMILES string of the molecule is CCC(Br)CNC(=O)c1cccc(Cl)c1F. The molecule has 0 saturated heterocycles. The third-order valence-electron chi connectivity index (χ3n) is 2.12. The number of nitrogens with one attached hydrogen (secondary N) is 1. The summed E-state index contributed by atoms with van der Waals surface area (Å²) in [6.07, 6.45) is 0.887. The molecule has 1 aromatic carbocycles. The standard InChI is InChI=1S/C11H12BrClFNO/c1-2-7(12)6-15-11(16)8-4-3-5-9(13)10(8)14/h3-5,7H,2,6H2,1H3,(H,15,16). The average Bonchev–Trinajstić information content (AvgIpc) is 2.29. The van der Waals surface area contributed by atoms with E-state index in [0.29, 0.717) is 6.54 Å². The van der Waals surface area contributed by atoms with Crippen LogP contribution in [0, 0.1) is 5.82 Å². The van der Waals surface area contributed by atoms with Gasteiger partial charge in [-0.15, -0.1) is 0 Å². The molecule has 0 saturated carbocycles. The Bertz CT molecular complexity index is 386. The molecule has 1 unspecified atom stereocenters. The number of carbonyl (C=O) groups is 1. The van der Waals surface area contributed by atoms with Crippen molar-refractivity contribution in [2.75, 3.05) is 6.54 Å². The Kier molecular flexibility index (Phi) is 5.22. The Hall–Kier alpha value is -0.610. The topological polar surface area (TPSA) is 29.1 Å². The zero-order valence-electron chi connectivity index (χ0n) is 8.77. The van der Waals surface area contributed by atoms with Gasteiger partial charge in [0.25, 0.3) is 5.91 Å². The van der Waals surface area contributed by atoms with Crippen LogP contribution in [0.5, 0.6) is 0 Å². The molecule has 88 valence electrons. The number of amides is 1. The fourth-order valence-electron chi connectivity index (χ4n) is 1.12. The molecule has 0 aromatic heterocycles. The van der Waals surface area contributed by atoms with E-state index in [9.17, 15) is 9.18 Å². The number of alkyl halides is 1. The average molecular weight is 309 g/mol. The summed E-state index contributed by atoms with van der Waals surface area (Å²) in [6.45, 7) is 2.45. The van der Waals surface area contributed by atoms with E-state index in [0.717, 1.165) is 6.42 Å². The third kappa shape index (κ3) is 3.46. The maximum Gasteiger partial charge on any atom is 0.254 e. The van der Waals surface area contributed by atoms with E-state index < -0.39 is 11.7 Å². The van der Waals surface area contributed by atoms with Crippen molar-refractivity contribution in [3.8, 4) is 0 Å². The van der Waals surface area contributed by atoms with Crippen LogP contribution in [0.2, 0.25) is 5.02 Å². The minimum Gasteiger partial charge on any atom is -0.351 e. The van der Waals surface area contributed by atoms with Crippen LogP contribution in [0.15, 0.2) is 18.2 Å². The van der Waals surface area contributed by atoms with E-state index in [1.165, 1.54) is 12.1 Å². The molecule has 0 spiro atoms. The van der Waals surface area contributed by atoms with Crippen LogP contribution >= 0.6 is 27.5 Å². The molecule has 2 nitrogen and oxygen atoms in total. The van der Waals surface area contributed by atoms with Gasteiger partial charge in [0, 0.05) is 11.4 Å². The van der Waals surface area contributed by atoms with Gasteiger partial charge in [-0.05, 0) is 18.6 Å². The largest absolute Gasteiger partial charge is 0.351 e. The Morgan fingerprint density at radius 2 is 2.31 bits per heavy atom. The van der Waals surface area contributed by atoms with Gasteiger partial charge in [-0.1, -0.05) is 40.5 Å². The van der Waals surface area contributed by atoms with E-state index in [1.54, 1.807) is 6.07 Å². The van der Waals surface area contributed by atoms with Gasteiger partial charge < -0.3 is 5.32 Å². The highest BCUT2D eigenvalue weighted by molar-refractivity contribution is 9.09. The summed E-state index contributed by atoms with van der Waals surface area (Å²) in [7, 11) is 0. The van der Waals surface area contributed by atoms with Gasteiger partial charge in [0.05, 0.1) is 10.6 Å². The molecule has 0 fully saturated rings. The van der Waals surface area contributed by atoms with Gasteiger partial charge in [0.15, 0.2) is 5.82 Å². The van der Waals surface area contributed by atoms with Gasteiger partial charge in [-0.25, -0.2) is 4.39 Å². The Balaban J connectivity index is 2.70. The van der Waals surface area contributed by atoms with Crippen LogP contribution in [0.1, 0.15) is 23.7 Å². The molecule has 5 heteroatoms. The molecular formula is C11H12BrClFNO. The molecule has 0 aliphatic rings. The normalized spacial score (nSPS) is 12.2. The van der Waals surface area contributed by atoms with E-state index >= 15 is 0 Å². The van der Waals surface area contributed by atoms with Gasteiger partial charge >= 0.3 is 0 Å². The van der Waals surface area contributed by atoms with Crippen molar-refractivity contribution in [1.82, 2.24) is 5.32 Å². The lowest BCUT2D eigenvalue weighted by Gasteiger charge is -2.09. The summed E-state index contributed by atoms with van der Waals surface area (Å²) in [6, 6.07) is 4.37. The second-order valence-electron chi connectivity index (χ2n) is 3.32. The molecule has 0 heterocycles. The van der Waals surface area contributed by atoms with Crippen molar-refractivity contribution >= 4 is 33.4 Å². The summed E-state index contributed by atoms with van der Waals surface area (Å²) in [5.41, 5.74) is -0.0247. The molecule has 1 atom stereocenters. The highest BCUT2D eigenvalue weighted by Crippen LogP contribution is 2.17. The van der Waals surface area contributed by atoms with E-state index in [-0.39, 0.29) is 15.4 Å². The molecule has 1 N–H and O–H groups in total. The van der Waals surface area contributed by atoms with Crippen molar-refractivity contribution in [2.45, 2.75) is 18.2 Å². The molecule has 0 aliphatic carbocycles. The molecule has 0 radical (unpaired) electrons. The van der Waals surface area contributed by atoms with Crippen molar-refractivity contribution in [2.24, 2.45) is 0 Å². The van der Waals surface area contributed by atoms with Crippen LogP contribution in [0.25, 0.3) is 0 Å². The number of hydrogen-bond donors (Lipinski definition) is 1. The van der Waals surface area contributed by atoms with Crippen molar-refractivity contribution in [1.29, 1.82) is 0 Å². The zero-order valence-corrected chi connectivity index (χ0v) is 11.1. The first-order valence-corrected chi connectivity index (χ1v) is 6.22. The Morgan fingerprint density at radius 1 is 1.62 bits per heavy atom. The third-order valence-corrected chi connectivity index (χ3v) is 3.39. The number of halogens is 3. The molecule has 1 rings (SSSR count). The first kappa shape index (κ1) is 13.5. The summed E-state index contributed by atoms with van der Waals surface area (Å²) < 4.78 is 13.5. The Morgan fingerprint density at radius 3 is 2.94 bits per heavy atom. The van der Waals surface area contributed by atoms with E-state index in [4.69, 9.17) is 11.6 Å². The second-order valence-corrected chi connectivity index (χ2v) is 5.02. The second kappa shape index (κ2) is 6.21. The fourth-order valence-corrected chi connectivity index (χ4v) is 1.46. The number of rotatable bonds is 4. The lowest BCUT2D eigenvalue weighted by Crippen LogP contribution is -2.29. The Labute approximate surface area is 107 Å². The molecule has 1 amide bonds. The van der Waals surface area contributed by atoms with Crippen LogP contribution < -0.4 is 5.32 Å². The highest BCUT2D eigenvalue weighted by Gasteiger charge is 2.14. The zero-order chi connectivity index (χ0) is 12.1. The quantitative estimate of drug-likeness (QED) is 0.849. The van der Waals surface area contributed by atoms with Crippen molar-refractivity contribution in [3.63, 3.8) is 0 Å². The highest BCUT2D eigenvalue weighted by atomic mass is 79.9. The van der Waals surface area contributed by atoms with E-state index in [1.807, 2.05) is 6.92 Å². The summed E-state index contributed by atoms with van der Waals surface area (Å²) in [5.74, 6) is -1.12. The maximum absolute atomic E-state index is 13.5. The molecule has 0 bridgehead atoms. The van der Waals surface area contributed by atoms with Gasteiger partial charge in [-0.2, -0.15) is 0 Å². The molecule has 16 heavy (non-hydrogen) atoms. The smallest absolute Gasteiger partial charge is 0.254 e. The van der Waals surface area contributed by atoms with Crippen LogP contribution in [0.4, 0.5) is 4.39 Å². The summed E-state index contributed by atoms with van der Waals surface area (Å²) in [4.78, 5) is 11.8. The lowest BCUT2D eigenvalue weighted by molar-refractivity contribution is 0.0950. The molecule has 0 aliphatic heterocycles. The van der Waals surface area contributed by atoms with Gasteiger partial charge in [0.2, 0.25) is 0 Å². The summed E-state index contributed by atoms with van der Waals surface area (Å²) in [5, 5.41) is 2.59. The first-order valence-electron chi connectivity index (χ1n) is 4.92. The van der Waals surface area contributed by atoms with Crippen molar-refractivity contribution < 1.29 is 9.18 Å². The van der Waals surface area contributed by atoms with E-state index in [2.05, 4.69) is 21.2 Å². The van der Waals surface area contributed by atoms with Crippen LogP contribution in [-0.4, -0.2) is 17.3 Å². The maximum atomic E-state index is 13.5. The number of carbonyl (C=O) groups excluding carboxylic acids is 1. The van der Waals surface area contributed by atoms with Crippen LogP contribution in [-0.2, 0) is 0 Å². The monoisotopic (exact) mass is 307 g/mol. The predicted molar refractivity (Wildman–Crippen MR) is 66.7 cm³/mol. The number of hydrogen-bond acceptors (Lipinski definition) is 1. The molecule has 1 aromatic rings. The van der Waals surface area contributed by atoms with Crippen molar-refractivity contribution in [3.05, 3.63) is 34.6 Å². The minimum absolute atomic E-state index is 0.0247. The van der Waals surface area contributed by atoms with Gasteiger partial charge in [0.1, 0.15) is 0 Å². The minimum atomic E-state index is -0.677. The predicted octanol–water partition coefficient (Wildman–Crippen LogP) is 3.38. The lowest BCUT2D eigenvalue weighted by atomic mass is 10.2. The molecular weight excluding hydrogens is 296 g/mol. The first-order chi connectivity index (χ1) is 7.56.